The van der Waals surface area contributed by atoms with Gasteiger partial charge in [-0.3, -0.25) is 4.99 Å². The second-order valence-electron chi connectivity index (χ2n) is 4.29. The summed E-state index contributed by atoms with van der Waals surface area (Å²) < 4.78 is 10.8. The second-order valence-corrected chi connectivity index (χ2v) is 4.29. The van der Waals surface area contributed by atoms with E-state index in [0.717, 1.165) is 36.0 Å². The Morgan fingerprint density at radius 3 is 2.52 bits per heavy atom. The van der Waals surface area contributed by atoms with Gasteiger partial charge in [-0.1, -0.05) is 6.92 Å². The Bertz CT molecular complexity index is 536. The zero-order chi connectivity index (χ0) is 14.2. The molecule has 1 heterocycles. The number of furan rings is 1. The third-order valence-electron chi connectivity index (χ3n) is 2.68. The number of aliphatic imine (C=N–C) groups is 1. The zero-order valence-corrected chi connectivity index (χ0v) is 13.2. The number of rotatable bonds is 6. The van der Waals surface area contributed by atoms with E-state index in [4.69, 9.17) is 9.15 Å². The summed E-state index contributed by atoms with van der Waals surface area (Å²) >= 11 is 0. The van der Waals surface area contributed by atoms with E-state index in [1.807, 2.05) is 43.3 Å². The summed E-state index contributed by atoms with van der Waals surface area (Å²) in [6.07, 6.45) is 2.64. The number of nitrogens with zero attached hydrogens (tertiary/aromatic N) is 1. The predicted octanol–water partition coefficient (Wildman–Crippen LogP) is 4.37. The molecule has 0 saturated heterocycles. The first-order valence-electron chi connectivity index (χ1n) is 6.91. The highest BCUT2D eigenvalue weighted by Crippen LogP contribution is 2.17. The first kappa shape index (κ1) is 17.1. The van der Waals surface area contributed by atoms with Gasteiger partial charge in [0.2, 0.25) is 0 Å². The number of anilines is 1. The van der Waals surface area contributed by atoms with Gasteiger partial charge in [0.05, 0.1) is 12.9 Å². The lowest BCUT2D eigenvalue weighted by atomic mass is 10.3. The molecule has 114 valence electrons. The van der Waals surface area contributed by atoms with Gasteiger partial charge in [-0.2, -0.15) is 0 Å². The van der Waals surface area contributed by atoms with E-state index in [9.17, 15) is 0 Å². The Hall–Kier alpha value is -1.94. The monoisotopic (exact) mass is 308 g/mol. The quantitative estimate of drug-likeness (QED) is 0.636. The van der Waals surface area contributed by atoms with Crippen molar-refractivity contribution < 1.29 is 9.15 Å². The largest absolute Gasteiger partial charge is 0.494 e. The van der Waals surface area contributed by atoms with Gasteiger partial charge >= 0.3 is 0 Å². The number of amidine groups is 1. The average Bonchev–Trinajstić information content (AvgIpc) is 3.00. The van der Waals surface area contributed by atoms with E-state index in [0.29, 0.717) is 6.61 Å². The van der Waals surface area contributed by atoms with Crippen LogP contribution in [0.15, 0.2) is 52.1 Å². The third kappa shape index (κ3) is 5.16. The predicted molar refractivity (Wildman–Crippen MR) is 88.9 cm³/mol. The van der Waals surface area contributed by atoms with Gasteiger partial charge in [-0.05, 0) is 49.7 Å². The molecule has 0 aliphatic heterocycles. The lowest BCUT2D eigenvalue weighted by molar-refractivity contribution is 0.340. The topological polar surface area (TPSA) is 46.8 Å². The van der Waals surface area contributed by atoms with E-state index < -0.39 is 0 Å². The summed E-state index contributed by atoms with van der Waals surface area (Å²) in [4.78, 5) is 4.52. The van der Waals surface area contributed by atoms with Gasteiger partial charge in [-0.15, -0.1) is 12.4 Å². The SMILES string of the molecule is CCCN=C(Nc1ccc(OCC)cc1)c1ccco1.Cl. The number of hydrogen-bond acceptors (Lipinski definition) is 3. The summed E-state index contributed by atoms with van der Waals surface area (Å²) in [6, 6.07) is 11.6. The van der Waals surface area contributed by atoms with Crippen molar-refractivity contribution in [1.82, 2.24) is 0 Å². The van der Waals surface area contributed by atoms with Crippen LogP contribution in [0.3, 0.4) is 0 Å². The van der Waals surface area contributed by atoms with E-state index >= 15 is 0 Å². The lowest BCUT2D eigenvalue weighted by Crippen LogP contribution is -2.13. The summed E-state index contributed by atoms with van der Waals surface area (Å²) in [5, 5.41) is 3.29. The lowest BCUT2D eigenvalue weighted by Gasteiger charge is -2.09. The molecule has 0 fully saturated rings. The highest BCUT2D eigenvalue weighted by atomic mass is 35.5. The Labute approximate surface area is 131 Å². The highest BCUT2D eigenvalue weighted by Gasteiger charge is 2.06. The maximum atomic E-state index is 5.43. The maximum Gasteiger partial charge on any atom is 0.169 e. The number of benzene rings is 1. The Balaban J connectivity index is 0.00000220. The standard InChI is InChI=1S/C16H20N2O2.ClH/c1-3-11-17-16(15-6-5-12-20-15)18-13-7-9-14(10-8-13)19-4-2;/h5-10,12H,3-4,11H2,1-2H3,(H,17,18);1H. The molecular formula is C16H21ClN2O2. The fraction of sp³-hybridized carbons (Fsp3) is 0.312. The van der Waals surface area contributed by atoms with Crippen molar-refractivity contribution in [3.05, 3.63) is 48.4 Å². The van der Waals surface area contributed by atoms with E-state index in [-0.39, 0.29) is 12.4 Å². The molecule has 0 aliphatic rings. The first-order chi connectivity index (χ1) is 9.83. The van der Waals surface area contributed by atoms with Crippen molar-refractivity contribution in [2.24, 2.45) is 4.99 Å². The molecule has 0 aliphatic carbocycles. The van der Waals surface area contributed by atoms with Crippen molar-refractivity contribution in [3.63, 3.8) is 0 Å². The van der Waals surface area contributed by atoms with Crippen molar-refractivity contribution in [2.45, 2.75) is 20.3 Å². The van der Waals surface area contributed by atoms with Crippen molar-refractivity contribution >= 4 is 23.9 Å². The van der Waals surface area contributed by atoms with E-state index in [1.54, 1.807) is 6.26 Å². The molecule has 0 bridgehead atoms. The van der Waals surface area contributed by atoms with Crippen LogP contribution in [0.1, 0.15) is 26.0 Å². The van der Waals surface area contributed by atoms with Gasteiger partial charge in [0.1, 0.15) is 5.75 Å². The van der Waals surface area contributed by atoms with Crippen LogP contribution in [0.25, 0.3) is 0 Å². The minimum atomic E-state index is 0. The van der Waals surface area contributed by atoms with Gasteiger partial charge in [0, 0.05) is 12.2 Å². The summed E-state index contributed by atoms with van der Waals surface area (Å²) in [7, 11) is 0. The molecule has 0 saturated carbocycles. The summed E-state index contributed by atoms with van der Waals surface area (Å²) in [6.45, 7) is 5.50. The molecule has 0 unspecified atom stereocenters. The fourth-order valence-electron chi connectivity index (χ4n) is 1.75. The second kappa shape index (κ2) is 9.08. The van der Waals surface area contributed by atoms with Crippen LogP contribution in [0.2, 0.25) is 0 Å². The van der Waals surface area contributed by atoms with E-state index in [2.05, 4.69) is 17.2 Å². The van der Waals surface area contributed by atoms with Crippen LogP contribution >= 0.6 is 12.4 Å². The molecule has 0 atom stereocenters. The fourth-order valence-corrected chi connectivity index (χ4v) is 1.75. The highest BCUT2D eigenvalue weighted by molar-refractivity contribution is 6.06. The number of ether oxygens (including phenoxy) is 1. The molecule has 21 heavy (non-hydrogen) atoms. The normalized spacial score (nSPS) is 10.9. The molecule has 1 aromatic heterocycles. The number of nitrogens with one attached hydrogen (secondary N) is 1. The molecule has 4 nitrogen and oxygen atoms in total. The molecule has 0 spiro atoms. The van der Waals surface area contributed by atoms with Crippen molar-refractivity contribution in [2.75, 3.05) is 18.5 Å². The van der Waals surface area contributed by atoms with Gasteiger partial charge in [0.15, 0.2) is 11.6 Å². The molecule has 2 rings (SSSR count). The minimum Gasteiger partial charge on any atom is -0.494 e. The zero-order valence-electron chi connectivity index (χ0n) is 12.3. The molecule has 0 radical (unpaired) electrons. The van der Waals surface area contributed by atoms with Crippen molar-refractivity contribution in [3.8, 4) is 5.75 Å². The molecule has 5 heteroatoms. The van der Waals surface area contributed by atoms with Gasteiger partial charge < -0.3 is 14.5 Å². The van der Waals surface area contributed by atoms with Crippen LogP contribution in [0.4, 0.5) is 5.69 Å². The van der Waals surface area contributed by atoms with Crippen LogP contribution < -0.4 is 10.1 Å². The summed E-state index contributed by atoms with van der Waals surface area (Å²) in [5.41, 5.74) is 0.958. The van der Waals surface area contributed by atoms with Crippen molar-refractivity contribution in [1.29, 1.82) is 0 Å². The van der Waals surface area contributed by atoms with Crippen LogP contribution in [-0.2, 0) is 0 Å². The third-order valence-corrected chi connectivity index (χ3v) is 2.68. The number of hydrogen-bond donors (Lipinski definition) is 1. The van der Waals surface area contributed by atoms with Crippen LogP contribution in [-0.4, -0.2) is 19.0 Å². The smallest absolute Gasteiger partial charge is 0.169 e. The average molecular weight is 309 g/mol. The summed E-state index contributed by atoms with van der Waals surface area (Å²) in [5.74, 6) is 2.36. The Morgan fingerprint density at radius 2 is 1.95 bits per heavy atom. The minimum absolute atomic E-state index is 0. The Kier molecular flexibility index (Phi) is 7.40. The van der Waals surface area contributed by atoms with Gasteiger partial charge in [0.25, 0.3) is 0 Å². The molecular weight excluding hydrogens is 288 g/mol. The van der Waals surface area contributed by atoms with Crippen LogP contribution in [0, 0.1) is 0 Å². The molecule has 1 aromatic carbocycles. The molecule has 2 aromatic rings. The van der Waals surface area contributed by atoms with Crippen LogP contribution in [0.5, 0.6) is 5.75 Å². The van der Waals surface area contributed by atoms with Gasteiger partial charge in [-0.25, -0.2) is 0 Å². The molecule has 1 N–H and O–H groups in total. The maximum absolute atomic E-state index is 5.43. The first-order valence-corrected chi connectivity index (χ1v) is 6.91. The van der Waals surface area contributed by atoms with E-state index in [1.165, 1.54) is 0 Å². The molecule has 0 amide bonds. The number of halogens is 1. The Morgan fingerprint density at radius 1 is 1.19 bits per heavy atom.